The molecule has 22 heavy (non-hydrogen) atoms. The van der Waals surface area contributed by atoms with Gasteiger partial charge in [-0.15, -0.1) is 0 Å². The van der Waals surface area contributed by atoms with Crippen LogP contribution in [-0.2, 0) is 11.2 Å². The van der Waals surface area contributed by atoms with Crippen molar-refractivity contribution in [2.75, 3.05) is 6.54 Å². The zero-order chi connectivity index (χ0) is 15.9. The minimum absolute atomic E-state index is 0.178. The van der Waals surface area contributed by atoms with Crippen LogP contribution in [0.1, 0.15) is 44.1 Å². The molecule has 1 unspecified atom stereocenters. The first-order valence-electron chi connectivity index (χ1n) is 8.03. The molecule has 0 radical (unpaired) electrons. The van der Waals surface area contributed by atoms with Gasteiger partial charge in [-0.2, -0.15) is 0 Å². The lowest BCUT2D eigenvalue weighted by Gasteiger charge is -2.24. The van der Waals surface area contributed by atoms with Crippen molar-refractivity contribution in [3.05, 3.63) is 35.4 Å². The van der Waals surface area contributed by atoms with E-state index in [4.69, 9.17) is 5.73 Å². The van der Waals surface area contributed by atoms with Gasteiger partial charge in [0, 0.05) is 12.6 Å². The van der Waals surface area contributed by atoms with E-state index in [2.05, 4.69) is 5.32 Å². The predicted octanol–water partition coefficient (Wildman–Crippen LogP) is 2.92. The lowest BCUT2D eigenvalue weighted by atomic mass is 9.85. The molecule has 1 saturated carbocycles. The second-order valence-corrected chi connectivity index (χ2v) is 6.16. The van der Waals surface area contributed by atoms with Crippen LogP contribution in [0.25, 0.3) is 0 Å². The van der Waals surface area contributed by atoms with Crippen LogP contribution >= 0.6 is 0 Å². The number of rotatable bonds is 6. The first-order chi connectivity index (χ1) is 10.5. The van der Waals surface area contributed by atoms with E-state index in [1.54, 1.807) is 0 Å². The fourth-order valence-electron chi connectivity index (χ4n) is 3.11. The molecule has 0 aromatic heterocycles. The molecule has 3 nitrogen and oxygen atoms in total. The van der Waals surface area contributed by atoms with Crippen LogP contribution in [0.4, 0.5) is 8.78 Å². The van der Waals surface area contributed by atoms with Crippen LogP contribution < -0.4 is 11.1 Å². The second kappa shape index (κ2) is 8.22. The van der Waals surface area contributed by atoms with Gasteiger partial charge >= 0.3 is 0 Å². The fraction of sp³-hybridized carbons (Fsp3) is 0.588. The van der Waals surface area contributed by atoms with Crippen molar-refractivity contribution in [2.45, 2.75) is 51.0 Å². The van der Waals surface area contributed by atoms with Gasteiger partial charge in [0.1, 0.15) is 11.6 Å². The standard InChI is InChI=1S/C17H24F2N2O/c18-14-8-13(9-15(19)11-14)6-7-21-17(22)16(20)10-12-4-2-1-3-5-12/h8-9,11-12,16H,1-7,10,20H2,(H,21,22). The van der Waals surface area contributed by atoms with E-state index < -0.39 is 17.7 Å². The zero-order valence-corrected chi connectivity index (χ0v) is 12.8. The molecule has 0 bridgehead atoms. The van der Waals surface area contributed by atoms with Crippen molar-refractivity contribution < 1.29 is 13.6 Å². The summed E-state index contributed by atoms with van der Waals surface area (Å²) in [6.07, 6.45) is 7.15. The van der Waals surface area contributed by atoms with Gasteiger partial charge < -0.3 is 11.1 Å². The van der Waals surface area contributed by atoms with Crippen molar-refractivity contribution in [1.29, 1.82) is 0 Å². The molecule has 122 valence electrons. The smallest absolute Gasteiger partial charge is 0.236 e. The number of nitrogens with two attached hydrogens (primary N) is 1. The summed E-state index contributed by atoms with van der Waals surface area (Å²) in [5, 5.41) is 2.75. The first-order valence-corrected chi connectivity index (χ1v) is 8.03. The maximum Gasteiger partial charge on any atom is 0.236 e. The highest BCUT2D eigenvalue weighted by Crippen LogP contribution is 2.26. The number of halogens is 2. The summed E-state index contributed by atoms with van der Waals surface area (Å²) >= 11 is 0. The highest BCUT2D eigenvalue weighted by Gasteiger charge is 2.20. The molecule has 1 aromatic carbocycles. The molecule has 0 saturated heterocycles. The number of carbonyl (C=O) groups is 1. The molecule has 5 heteroatoms. The minimum atomic E-state index is -0.602. The Morgan fingerprint density at radius 1 is 1.18 bits per heavy atom. The van der Waals surface area contributed by atoms with Gasteiger partial charge in [0.15, 0.2) is 0 Å². The van der Waals surface area contributed by atoms with Crippen LogP contribution in [0.5, 0.6) is 0 Å². The molecule has 1 fully saturated rings. The van der Waals surface area contributed by atoms with Crippen molar-refractivity contribution in [1.82, 2.24) is 5.32 Å². The average molecular weight is 310 g/mol. The van der Waals surface area contributed by atoms with E-state index in [1.165, 1.54) is 31.4 Å². The van der Waals surface area contributed by atoms with Crippen molar-refractivity contribution in [2.24, 2.45) is 11.7 Å². The summed E-state index contributed by atoms with van der Waals surface area (Å²) < 4.78 is 26.1. The zero-order valence-electron chi connectivity index (χ0n) is 12.8. The van der Waals surface area contributed by atoms with Crippen LogP contribution in [0.3, 0.4) is 0 Å². The van der Waals surface area contributed by atoms with Crippen LogP contribution in [0, 0.1) is 17.6 Å². The predicted molar refractivity (Wildman–Crippen MR) is 82.2 cm³/mol. The summed E-state index contributed by atoms with van der Waals surface area (Å²) in [6.45, 7) is 0.333. The molecule has 1 aromatic rings. The normalized spacial score (nSPS) is 17.2. The highest BCUT2D eigenvalue weighted by atomic mass is 19.1. The Morgan fingerprint density at radius 3 is 2.45 bits per heavy atom. The van der Waals surface area contributed by atoms with Gasteiger partial charge in [0.25, 0.3) is 0 Å². The molecular weight excluding hydrogens is 286 g/mol. The maximum absolute atomic E-state index is 13.1. The third-order valence-electron chi connectivity index (χ3n) is 4.28. The van der Waals surface area contributed by atoms with Gasteiger partial charge in [-0.3, -0.25) is 4.79 Å². The third-order valence-corrected chi connectivity index (χ3v) is 4.28. The largest absolute Gasteiger partial charge is 0.354 e. The molecule has 1 aliphatic carbocycles. The molecule has 0 heterocycles. The number of benzene rings is 1. The molecule has 1 amide bonds. The lowest BCUT2D eigenvalue weighted by Crippen LogP contribution is -2.42. The average Bonchev–Trinajstić information content (AvgIpc) is 2.47. The monoisotopic (exact) mass is 310 g/mol. The molecule has 1 atom stereocenters. The number of nitrogens with one attached hydrogen (secondary N) is 1. The van der Waals surface area contributed by atoms with Crippen LogP contribution in [0.2, 0.25) is 0 Å². The number of carbonyl (C=O) groups excluding carboxylic acids is 1. The SMILES string of the molecule is NC(CC1CCCCC1)C(=O)NCCc1cc(F)cc(F)c1. The van der Waals surface area contributed by atoms with Crippen molar-refractivity contribution in [3.8, 4) is 0 Å². The van der Waals surface area contributed by atoms with Gasteiger partial charge in [0.2, 0.25) is 5.91 Å². The summed E-state index contributed by atoms with van der Waals surface area (Å²) in [4.78, 5) is 12.0. The van der Waals surface area contributed by atoms with E-state index in [0.717, 1.165) is 25.3 Å². The van der Waals surface area contributed by atoms with Crippen LogP contribution in [-0.4, -0.2) is 18.5 Å². The van der Waals surface area contributed by atoms with Crippen molar-refractivity contribution in [3.63, 3.8) is 0 Å². The van der Waals surface area contributed by atoms with E-state index in [-0.39, 0.29) is 5.91 Å². The quantitative estimate of drug-likeness (QED) is 0.849. The molecular formula is C17H24F2N2O. The minimum Gasteiger partial charge on any atom is -0.354 e. The van der Waals surface area contributed by atoms with Gasteiger partial charge in [-0.05, 0) is 36.5 Å². The maximum atomic E-state index is 13.1. The van der Waals surface area contributed by atoms with Gasteiger partial charge in [-0.25, -0.2) is 8.78 Å². The second-order valence-electron chi connectivity index (χ2n) is 6.16. The number of amides is 1. The summed E-state index contributed by atoms with van der Waals surface area (Å²) in [5.41, 5.74) is 6.47. The first kappa shape index (κ1) is 16.9. The van der Waals surface area contributed by atoms with E-state index in [0.29, 0.717) is 24.4 Å². The lowest BCUT2D eigenvalue weighted by molar-refractivity contribution is -0.122. The molecule has 0 spiro atoms. The van der Waals surface area contributed by atoms with E-state index in [9.17, 15) is 13.6 Å². The number of hydrogen-bond donors (Lipinski definition) is 2. The molecule has 3 N–H and O–H groups in total. The third kappa shape index (κ3) is 5.37. The summed E-state index contributed by atoms with van der Waals surface area (Å²) in [7, 11) is 0. The van der Waals surface area contributed by atoms with Gasteiger partial charge in [0.05, 0.1) is 6.04 Å². The van der Waals surface area contributed by atoms with Gasteiger partial charge in [-0.1, -0.05) is 32.1 Å². The Kier molecular flexibility index (Phi) is 6.31. The molecule has 2 rings (SSSR count). The topological polar surface area (TPSA) is 55.1 Å². The summed E-state index contributed by atoms with van der Waals surface area (Å²) in [5.74, 6) is -0.833. The highest BCUT2D eigenvalue weighted by molar-refractivity contribution is 5.81. The Hall–Kier alpha value is -1.49. The number of hydrogen-bond acceptors (Lipinski definition) is 2. The molecule has 0 aliphatic heterocycles. The van der Waals surface area contributed by atoms with Crippen LogP contribution in [0.15, 0.2) is 18.2 Å². The Labute approximate surface area is 130 Å². The Morgan fingerprint density at radius 2 is 1.82 bits per heavy atom. The van der Waals surface area contributed by atoms with Crippen molar-refractivity contribution >= 4 is 5.91 Å². The van der Waals surface area contributed by atoms with E-state index >= 15 is 0 Å². The summed E-state index contributed by atoms with van der Waals surface area (Å²) in [6, 6.07) is 2.89. The Balaban J connectivity index is 1.72. The molecule has 1 aliphatic rings. The fourth-order valence-corrected chi connectivity index (χ4v) is 3.11. The van der Waals surface area contributed by atoms with E-state index in [1.807, 2.05) is 0 Å². The Bertz CT molecular complexity index is 481.